The Morgan fingerprint density at radius 2 is 2.19 bits per heavy atom. The first kappa shape index (κ1) is 14.4. The second-order valence-electron chi connectivity index (χ2n) is 5.54. The molecule has 1 fully saturated rings. The highest BCUT2D eigenvalue weighted by molar-refractivity contribution is 7.98. The summed E-state index contributed by atoms with van der Waals surface area (Å²) >= 11 is 1.56. The average Bonchev–Trinajstić information content (AvgIpc) is 2.93. The zero-order chi connectivity index (χ0) is 14.7. The zero-order valence-corrected chi connectivity index (χ0v) is 13.0. The van der Waals surface area contributed by atoms with Crippen molar-refractivity contribution in [1.29, 1.82) is 0 Å². The van der Waals surface area contributed by atoms with Gasteiger partial charge in [0.05, 0.1) is 6.04 Å². The van der Waals surface area contributed by atoms with E-state index in [2.05, 4.69) is 25.8 Å². The van der Waals surface area contributed by atoms with Gasteiger partial charge < -0.3 is 4.98 Å². The molecule has 0 unspecified atom stereocenters. The maximum atomic E-state index is 11.5. The molecular formula is C15H20N4OS. The van der Waals surface area contributed by atoms with Gasteiger partial charge in [0.2, 0.25) is 0 Å². The maximum absolute atomic E-state index is 11.5. The molecule has 0 aromatic carbocycles. The third-order valence-corrected chi connectivity index (χ3v) is 4.78. The van der Waals surface area contributed by atoms with Crippen molar-refractivity contribution in [2.24, 2.45) is 0 Å². The second-order valence-corrected chi connectivity index (χ2v) is 6.50. The lowest BCUT2D eigenvalue weighted by atomic mass is 9.95. The molecule has 112 valence electrons. The van der Waals surface area contributed by atoms with Crippen LogP contribution in [0.25, 0.3) is 0 Å². The summed E-state index contributed by atoms with van der Waals surface area (Å²) < 4.78 is 2.17. The number of nitrogens with one attached hydrogen (secondary N) is 1. The first-order valence-electron chi connectivity index (χ1n) is 7.45. The molecule has 2 aromatic rings. The third-order valence-electron chi connectivity index (χ3n) is 3.88. The van der Waals surface area contributed by atoms with E-state index in [1.165, 1.54) is 43.9 Å². The standard InChI is InChI=1S/C15H20N4OS/c1-11-9-14(20)18-15(17-11)21-10-13-7-8-16-19(13)12-5-3-2-4-6-12/h7-9,12H,2-6,10H2,1H3,(H,17,18,20). The van der Waals surface area contributed by atoms with Gasteiger partial charge in [-0.3, -0.25) is 9.48 Å². The molecule has 0 aliphatic heterocycles. The van der Waals surface area contributed by atoms with E-state index in [9.17, 15) is 4.79 Å². The number of H-pyrrole nitrogens is 1. The Balaban J connectivity index is 1.70. The quantitative estimate of drug-likeness (QED) is 0.696. The van der Waals surface area contributed by atoms with Gasteiger partial charge >= 0.3 is 0 Å². The fraction of sp³-hybridized carbons (Fsp3) is 0.533. The predicted molar refractivity (Wildman–Crippen MR) is 83.5 cm³/mol. The smallest absolute Gasteiger partial charge is 0.251 e. The minimum Gasteiger partial charge on any atom is -0.301 e. The van der Waals surface area contributed by atoms with Gasteiger partial charge in [0, 0.05) is 29.4 Å². The van der Waals surface area contributed by atoms with Crippen LogP contribution < -0.4 is 5.56 Å². The van der Waals surface area contributed by atoms with Gasteiger partial charge in [-0.15, -0.1) is 0 Å². The second kappa shape index (κ2) is 6.47. The molecule has 0 saturated heterocycles. The number of rotatable bonds is 4. The predicted octanol–water partition coefficient (Wildman–Crippen LogP) is 3.07. The lowest BCUT2D eigenvalue weighted by Crippen LogP contribution is -2.16. The lowest BCUT2D eigenvalue weighted by Gasteiger charge is -2.23. The normalized spacial score (nSPS) is 16.2. The van der Waals surface area contributed by atoms with E-state index in [1.54, 1.807) is 11.8 Å². The first-order chi connectivity index (χ1) is 10.2. The third kappa shape index (κ3) is 3.56. The van der Waals surface area contributed by atoms with E-state index >= 15 is 0 Å². The maximum Gasteiger partial charge on any atom is 0.251 e. The summed E-state index contributed by atoms with van der Waals surface area (Å²) in [6.45, 7) is 1.84. The highest BCUT2D eigenvalue weighted by Gasteiger charge is 2.18. The summed E-state index contributed by atoms with van der Waals surface area (Å²) in [6, 6.07) is 4.11. The molecule has 0 atom stereocenters. The van der Waals surface area contributed by atoms with Crippen molar-refractivity contribution in [2.75, 3.05) is 0 Å². The van der Waals surface area contributed by atoms with Gasteiger partial charge in [0.15, 0.2) is 5.16 Å². The lowest BCUT2D eigenvalue weighted by molar-refractivity contribution is 0.324. The largest absolute Gasteiger partial charge is 0.301 e. The van der Waals surface area contributed by atoms with Gasteiger partial charge in [0.1, 0.15) is 0 Å². The van der Waals surface area contributed by atoms with Crippen LogP contribution in [-0.2, 0) is 5.75 Å². The number of hydrogen-bond acceptors (Lipinski definition) is 4. The van der Waals surface area contributed by atoms with Gasteiger partial charge in [0.25, 0.3) is 5.56 Å². The van der Waals surface area contributed by atoms with Crippen LogP contribution in [-0.4, -0.2) is 19.7 Å². The van der Waals surface area contributed by atoms with Crippen LogP contribution in [0.5, 0.6) is 0 Å². The molecule has 0 radical (unpaired) electrons. The summed E-state index contributed by atoms with van der Waals surface area (Å²) in [6.07, 6.45) is 8.25. The molecule has 1 N–H and O–H groups in total. The van der Waals surface area contributed by atoms with Crippen molar-refractivity contribution in [2.45, 2.75) is 56.0 Å². The van der Waals surface area contributed by atoms with Crippen LogP contribution in [0.15, 0.2) is 28.3 Å². The van der Waals surface area contributed by atoms with Crippen molar-refractivity contribution >= 4 is 11.8 Å². The summed E-state index contributed by atoms with van der Waals surface area (Å²) in [5, 5.41) is 5.18. The van der Waals surface area contributed by atoms with Crippen molar-refractivity contribution in [3.05, 3.63) is 40.1 Å². The molecule has 0 amide bonds. The Bertz CT molecular complexity index is 658. The fourth-order valence-electron chi connectivity index (χ4n) is 2.87. The van der Waals surface area contributed by atoms with E-state index < -0.39 is 0 Å². The van der Waals surface area contributed by atoms with Crippen LogP contribution in [0.2, 0.25) is 0 Å². The number of aromatic nitrogens is 4. The van der Waals surface area contributed by atoms with Gasteiger partial charge in [-0.2, -0.15) is 5.10 Å². The number of aryl methyl sites for hydroxylation is 1. The van der Waals surface area contributed by atoms with E-state index in [4.69, 9.17) is 0 Å². The van der Waals surface area contributed by atoms with E-state index in [0.29, 0.717) is 11.2 Å². The molecule has 0 spiro atoms. The van der Waals surface area contributed by atoms with Gasteiger partial charge in [-0.25, -0.2) is 4.98 Å². The van der Waals surface area contributed by atoms with E-state index in [1.807, 2.05) is 13.1 Å². The number of hydrogen-bond donors (Lipinski definition) is 1. The monoisotopic (exact) mass is 304 g/mol. The summed E-state index contributed by atoms with van der Waals surface area (Å²) in [4.78, 5) is 18.6. The summed E-state index contributed by atoms with van der Waals surface area (Å²) in [7, 11) is 0. The van der Waals surface area contributed by atoms with Crippen LogP contribution in [0.1, 0.15) is 49.5 Å². The molecule has 6 heteroatoms. The zero-order valence-electron chi connectivity index (χ0n) is 12.2. The first-order valence-corrected chi connectivity index (χ1v) is 8.44. The highest BCUT2D eigenvalue weighted by atomic mass is 32.2. The molecule has 1 aliphatic rings. The molecule has 2 aromatic heterocycles. The van der Waals surface area contributed by atoms with Crippen molar-refractivity contribution in [3.8, 4) is 0 Å². The van der Waals surface area contributed by atoms with Crippen molar-refractivity contribution in [1.82, 2.24) is 19.7 Å². The minimum absolute atomic E-state index is 0.0919. The molecule has 1 saturated carbocycles. The highest BCUT2D eigenvalue weighted by Crippen LogP contribution is 2.30. The Morgan fingerprint density at radius 1 is 1.38 bits per heavy atom. The molecule has 0 bridgehead atoms. The molecule has 21 heavy (non-hydrogen) atoms. The van der Waals surface area contributed by atoms with Gasteiger partial charge in [-0.1, -0.05) is 31.0 Å². The van der Waals surface area contributed by atoms with Gasteiger partial charge in [-0.05, 0) is 25.8 Å². The number of thioether (sulfide) groups is 1. The van der Waals surface area contributed by atoms with Crippen molar-refractivity contribution in [3.63, 3.8) is 0 Å². The van der Waals surface area contributed by atoms with Crippen LogP contribution in [0, 0.1) is 6.92 Å². The SMILES string of the molecule is Cc1cc(=O)[nH]c(SCc2ccnn2C2CCCCC2)n1. The Morgan fingerprint density at radius 3 is 2.95 bits per heavy atom. The Kier molecular flexibility index (Phi) is 4.43. The molecular weight excluding hydrogens is 284 g/mol. The van der Waals surface area contributed by atoms with E-state index in [-0.39, 0.29) is 5.56 Å². The van der Waals surface area contributed by atoms with Crippen molar-refractivity contribution < 1.29 is 0 Å². The number of aromatic amines is 1. The molecule has 1 aliphatic carbocycles. The molecule has 5 nitrogen and oxygen atoms in total. The Labute approximate surface area is 128 Å². The van der Waals surface area contributed by atoms with Crippen LogP contribution in [0.4, 0.5) is 0 Å². The van der Waals surface area contributed by atoms with Crippen LogP contribution in [0.3, 0.4) is 0 Å². The number of nitrogens with zero attached hydrogens (tertiary/aromatic N) is 3. The minimum atomic E-state index is -0.0919. The average molecular weight is 304 g/mol. The summed E-state index contributed by atoms with van der Waals surface area (Å²) in [5.74, 6) is 0.781. The van der Waals surface area contributed by atoms with E-state index in [0.717, 1.165) is 11.4 Å². The fourth-order valence-corrected chi connectivity index (χ4v) is 3.77. The van der Waals surface area contributed by atoms with Crippen LogP contribution >= 0.6 is 11.8 Å². The summed E-state index contributed by atoms with van der Waals surface area (Å²) in [5.41, 5.74) is 1.86. The molecule has 2 heterocycles. The topological polar surface area (TPSA) is 63.6 Å². The molecule has 3 rings (SSSR count). The Hall–Kier alpha value is -1.56.